The van der Waals surface area contributed by atoms with E-state index < -0.39 is 23.5 Å². The number of amides is 1. The van der Waals surface area contributed by atoms with Crippen LogP contribution < -0.4 is 4.90 Å². The van der Waals surface area contributed by atoms with Crippen molar-refractivity contribution < 1.29 is 13.6 Å². The number of thiocarbonyl (C=S) groups is 1. The van der Waals surface area contributed by atoms with Gasteiger partial charge in [-0.05, 0) is 30.4 Å². The van der Waals surface area contributed by atoms with Gasteiger partial charge in [0, 0.05) is 6.07 Å². The molecule has 1 atom stereocenters. The normalized spacial score (nSPS) is 21.0. The summed E-state index contributed by atoms with van der Waals surface area (Å²) >= 11 is 5.05. The fourth-order valence-electron chi connectivity index (χ4n) is 2.13. The van der Waals surface area contributed by atoms with E-state index in [1.54, 1.807) is 24.3 Å². The van der Waals surface area contributed by atoms with E-state index >= 15 is 0 Å². The van der Waals surface area contributed by atoms with Crippen molar-refractivity contribution in [3.8, 4) is 0 Å². The van der Waals surface area contributed by atoms with Gasteiger partial charge in [-0.15, -0.1) is 0 Å². The maximum atomic E-state index is 13.8. The summed E-state index contributed by atoms with van der Waals surface area (Å²) in [6.45, 7) is 0. The highest BCUT2D eigenvalue weighted by Gasteiger charge is 2.35. The van der Waals surface area contributed by atoms with E-state index in [0.29, 0.717) is 11.8 Å². The van der Waals surface area contributed by atoms with Crippen LogP contribution in [0.1, 0.15) is 0 Å². The van der Waals surface area contributed by atoms with Crippen LogP contribution in [0.5, 0.6) is 0 Å². The molecule has 2 aliphatic rings. The molecule has 0 fully saturated rings. The van der Waals surface area contributed by atoms with Crippen LogP contribution in [0.3, 0.4) is 0 Å². The maximum absolute atomic E-state index is 13.8. The largest absolute Gasteiger partial charge is 0.273 e. The van der Waals surface area contributed by atoms with Crippen molar-refractivity contribution in [2.75, 3.05) is 4.90 Å². The van der Waals surface area contributed by atoms with Crippen molar-refractivity contribution in [1.82, 2.24) is 0 Å². The second-order valence-electron chi connectivity index (χ2n) is 4.31. The molecule has 1 aliphatic heterocycles. The Balaban J connectivity index is 2.08. The van der Waals surface area contributed by atoms with E-state index in [1.165, 1.54) is 6.07 Å². The molecule has 1 unspecified atom stereocenters. The number of carbonyl (C=O) groups excluding carboxylic acids is 1. The molecule has 0 N–H and O–H groups in total. The zero-order chi connectivity index (χ0) is 14.3. The summed E-state index contributed by atoms with van der Waals surface area (Å²) in [5, 5.41) is -0.0493. The van der Waals surface area contributed by atoms with Crippen LogP contribution in [-0.2, 0) is 4.79 Å². The first-order valence-corrected chi connectivity index (χ1v) is 6.25. The average Bonchev–Trinajstić information content (AvgIpc) is 2.41. The van der Waals surface area contributed by atoms with Gasteiger partial charge in [0.05, 0.1) is 17.3 Å². The second-order valence-corrected chi connectivity index (χ2v) is 4.68. The minimum Gasteiger partial charge on any atom is -0.273 e. The molecule has 3 rings (SSSR count). The lowest BCUT2D eigenvalue weighted by Gasteiger charge is -2.30. The Morgan fingerprint density at radius 3 is 2.80 bits per heavy atom. The van der Waals surface area contributed by atoms with Crippen molar-refractivity contribution in [3.63, 3.8) is 0 Å². The van der Waals surface area contributed by atoms with E-state index in [2.05, 4.69) is 4.99 Å². The number of fused-ring (bicyclic) bond motifs is 1. The summed E-state index contributed by atoms with van der Waals surface area (Å²) in [5.41, 5.74) is 0.438. The zero-order valence-electron chi connectivity index (χ0n) is 10.1. The summed E-state index contributed by atoms with van der Waals surface area (Å²) in [5.74, 6) is -2.55. The third kappa shape index (κ3) is 1.98. The van der Waals surface area contributed by atoms with Crippen LogP contribution in [0.25, 0.3) is 0 Å². The smallest absolute Gasteiger partial charge is 0.246 e. The highest BCUT2D eigenvalue weighted by molar-refractivity contribution is 7.80. The molecule has 0 saturated carbocycles. The predicted octanol–water partition coefficient (Wildman–Crippen LogP) is 2.78. The second kappa shape index (κ2) is 4.72. The van der Waals surface area contributed by atoms with E-state index in [4.69, 9.17) is 12.2 Å². The van der Waals surface area contributed by atoms with Gasteiger partial charge in [-0.3, -0.25) is 9.69 Å². The molecule has 0 radical (unpaired) electrons. The average molecular weight is 290 g/mol. The molecular weight excluding hydrogens is 282 g/mol. The molecule has 1 amide bonds. The summed E-state index contributed by atoms with van der Waals surface area (Å²) in [6, 6.07) is 2.96. The highest BCUT2D eigenvalue weighted by Crippen LogP contribution is 2.27. The third-order valence-electron chi connectivity index (χ3n) is 3.05. The van der Waals surface area contributed by atoms with Crippen molar-refractivity contribution in [2.45, 2.75) is 0 Å². The molecule has 1 aromatic rings. The molecule has 1 aliphatic carbocycles. The Morgan fingerprint density at radius 1 is 1.25 bits per heavy atom. The summed E-state index contributed by atoms with van der Waals surface area (Å²) in [4.78, 5) is 17.6. The minimum absolute atomic E-state index is 0.0493. The summed E-state index contributed by atoms with van der Waals surface area (Å²) in [6.07, 6.45) is 6.82. The topological polar surface area (TPSA) is 32.7 Å². The molecule has 6 heteroatoms. The van der Waals surface area contributed by atoms with E-state index in [0.717, 1.165) is 11.0 Å². The number of rotatable bonds is 1. The Hall–Kier alpha value is -2.21. The van der Waals surface area contributed by atoms with Crippen molar-refractivity contribution in [3.05, 3.63) is 54.1 Å². The molecule has 3 nitrogen and oxygen atoms in total. The lowest BCUT2D eigenvalue weighted by molar-refractivity contribution is -0.118. The molecule has 1 heterocycles. The van der Waals surface area contributed by atoms with Gasteiger partial charge >= 0.3 is 0 Å². The molecule has 1 aromatic carbocycles. The predicted molar refractivity (Wildman–Crippen MR) is 75.6 cm³/mol. The highest BCUT2D eigenvalue weighted by atomic mass is 32.1. The summed E-state index contributed by atoms with van der Waals surface area (Å²) < 4.78 is 26.8. The number of halogens is 2. The lowest BCUT2D eigenvalue weighted by atomic mass is 9.95. The van der Waals surface area contributed by atoms with Crippen LogP contribution in [0.2, 0.25) is 0 Å². The van der Waals surface area contributed by atoms with Crippen LogP contribution in [-0.4, -0.2) is 16.7 Å². The Bertz CT molecular complexity index is 709. The molecular formula is C14H8F2N2OS. The number of nitrogens with zero attached hydrogens (tertiary/aromatic N) is 2. The van der Waals surface area contributed by atoms with Crippen LogP contribution in [0, 0.1) is 17.6 Å². The fraction of sp³-hybridized carbons (Fsp3) is 0.0714. The Kier molecular flexibility index (Phi) is 3.02. The Morgan fingerprint density at radius 2 is 2.05 bits per heavy atom. The molecule has 0 aromatic heterocycles. The Labute approximate surface area is 118 Å². The van der Waals surface area contributed by atoms with Gasteiger partial charge < -0.3 is 0 Å². The van der Waals surface area contributed by atoms with Crippen LogP contribution >= 0.6 is 12.2 Å². The maximum Gasteiger partial charge on any atom is 0.246 e. The lowest BCUT2D eigenvalue weighted by Crippen LogP contribution is -2.46. The number of hydrogen-bond acceptors (Lipinski definition) is 2. The van der Waals surface area contributed by atoms with Crippen LogP contribution in [0.15, 0.2) is 47.5 Å². The summed E-state index contributed by atoms with van der Waals surface area (Å²) in [7, 11) is 0. The van der Waals surface area contributed by atoms with Crippen LogP contribution in [0.4, 0.5) is 14.5 Å². The van der Waals surface area contributed by atoms with Gasteiger partial charge in [0.25, 0.3) is 0 Å². The molecule has 20 heavy (non-hydrogen) atoms. The number of allylic oxidation sites excluding steroid dienone is 3. The minimum atomic E-state index is -0.852. The first kappa shape index (κ1) is 12.8. The third-order valence-corrected chi connectivity index (χ3v) is 3.33. The van der Waals surface area contributed by atoms with Gasteiger partial charge in [0.2, 0.25) is 11.0 Å². The SMILES string of the molecule is O=C1C2C=CC=CC2=NC(=S)N1c1ccc(F)cc1F. The first-order chi connectivity index (χ1) is 9.58. The standard InChI is InChI=1S/C14H8F2N2OS/c15-8-5-6-12(10(16)7-8)18-13(19)9-3-1-2-4-11(9)17-14(18)20/h1-7,9H. The molecule has 0 bridgehead atoms. The van der Waals surface area contributed by atoms with Gasteiger partial charge in [-0.25, -0.2) is 13.8 Å². The van der Waals surface area contributed by atoms with Crippen molar-refractivity contribution >= 4 is 34.6 Å². The zero-order valence-corrected chi connectivity index (χ0v) is 10.9. The fourth-order valence-corrected chi connectivity index (χ4v) is 2.42. The van der Waals surface area contributed by atoms with Gasteiger partial charge in [-0.1, -0.05) is 18.2 Å². The molecule has 100 valence electrons. The van der Waals surface area contributed by atoms with Crippen molar-refractivity contribution in [2.24, 2.45) is 10.9 Å². The van der Waals surface area contributed by atoms with E-state index in [9.17, 15) is 13.6 Å². The number of anilines is 1. The number of aliphatic imine (C=N–C) groups is 1. The molecule has 0 spiro atoms. The van der Waals surface area contributed by atoms with Gasteiger partial charge in [0.15, 0.2) is 0 Å². The van der Waals surface area contributed by atoms with E-state index in [1.807, 2.05) is 0 Å². The number of carbonyl (C=O) groups is 1. The monoisotopic (exact) mass is 290 g/mol. The van der Waals surface area contributed by atoms with Gasteiger partial charge in [-0.2, -0.15) is 0 Å². The van der Waals surface area contributed by atoms with Gasteiger partial charge in [0.1, 0.15) is 11.6 Å². The van der Waals surface area contributed by atoms with E-state index in [-0.39, 0.29) is 10.8 Å². The quantitative estimate of drug-likeness (QED) is 0.745. The number of hydrogen-bond donors (Lipinski definition) is 0. The number of benzene rings is 1. The van der Waals surface area contributed by atoms with Crippen molar-refractivity contribution in [1.29, 1.82) is 0 Å². The molecule has 0 saturated heterocycles. The first-order valence-electron chi connectivity index (χ1n) is 5.84.